The Hall–Kier alpha value is -1.54. The molecule has 18 heavy (non-hydrogen) atoms. The summed E-state index contributed by atoms with van der Waals surface area (Å²) in [6.07, 6.45) is 0.495. The molecule has 1 aliphatic rings. The Morgan fingerprint density at radius 2 is 2.06 bits per heavy atom. The number of nitrogens with zero attached hydrogens (tertiary/aromatic N) is 3. The second kappa shape index (κ2) is 3.99. The smallest absolute Gasteiger partial charge is 0.267 e. The van der Waals surface area contributed by atoms with E-state index in [1.807, 2.05) is 0 Å². The molecule has 0 spiro atoms. The van der Waals surface area contributed by atoms with Crippen LogP contribution < -0.4 is 0 Å². The van der Waals surface area contributed by atoms with E-state index < -0.39 is 15.9 Å². The van der Waals surface area contributed by atoms with Gasteiger partial charge in [-0.25, -0.2) is 12.7 Å². The maximum atomic E-state index is 12.1. The van der Waals surface area contributed by atoms with Gasteiger partial charge >= 0.3 is 0 Å². The molecule has 0 N–H and O–H groups in total. The second-order valence-corrected chi connectivity index (χ2v) is 6.56. The zero-order chi connectivity index (χ0) is 12.8. The normalized spacial score (nSPS) is 18.3. The first-order chi connectivity index (χ1) is 8.58. The SMILES string of the molecule is O=C(c1ccc2nsnc2c1)N1CCCS1(=O)=O. The molecule has 1 saturated heterocycles. The van der Waals surface area contributed by atoms with Crippen molar-refractivity contribution in [2.45, 2.75) is 6.42 Å². The Bertz CT molecular complexity index is 723. The molecule has 0 saturated carbocycles. The minimum atomic E-state index is -3.42. The average molecular weight is 283 g/mol. The van der Waals surface area contributed by atoms with Gasteiger partial charge in [0.15, 0.2) is 0 Å². The van der Waals surface area contributed by atoms with Gasteiger partial charge in [0.1, 0.15) is 11.0 Å². The van der Waals surface area contributed by atoms with Crippen LogP contribution in [0.5, 0.6) is 0 Å². The average Bonchev–Trinajstić information content (AvgIpc) is 2.92. The lowest BCUT2D eigenvalue weighted by molar-refractivity contribution is 0.0870. The predicted octanol–water partition coefficient (Wildman–Crippen LogP) is 0.867. The standard InChI is InChI=1S/C10H9N3O3S2/c14-10(13-4-1-5-18(13,15)16)7-2-3-8-9(6-7)12-17-11-8/h2-3,6H,1,4-5H2. The van der Waals surface area contributed by atoms with E-state index in [1.54, 1.807) is 18.2 Å². The lowest BCUT2D eigenvalue weighted by atomic mass is 10.2. The molecule has 94 valence electrons. The molecule has 8 heteroatoms. The number of carbonyl (C=O) groups excluding carboxylic acids is 1. The van der Waals surface area contributed by atoms with Crippen LogP contribution in [-0.2, 0) is 10.0 Å². The van der Waals surface area contributed by atoms with E-state index in [1.165, 1.54) is 0 Å². The van der Waals surface area contributed by atoms with Crippen molar-refractivity contribution in [3.63, 3.8) is 0 Å². The fraction of sp³-hybridized carbons (Fsp3) is 0.300. The van der Waals surface area contributed by atoms with Crippen LogP contribution in [0.4, 0.5) is 0 Å². The number of amides is 1. The molecule has 2 heterocycles. The number of carbonyl (C=O) groups is 1. The van der Waals surface area contributed by atoms with Crippen molar-refractivity contribution in [3.05, 3.63) is 23.8 Å². The van der Waals surface area contributed by atoms with Gasteiger partial charge in [0.25, 0.3) is 5.91 Å². The highest BCUT2D eigenvalue weighted by Gasteiger charge is 2.33. The first-order valence-corrected chi connectivity index (χ1v) is 7.69. The first-order valence-electron chi connectivity index (χ1n) is 5.35. The fourth-order valence-electron chi connectivity index (χ4n) is 1.93. The first kappa shape index (κ1) is 11.5. The molecule has 1 fully saturated rings. The van der Waals surface area contributed by atoms with Gasteiger partial charge in [0, 0.05) is 12.1 Å². The summed E-state index contributed by atoms with van der Waals surface area (Å²) in [5, 5.41) is 0. The van der Waals surface area contributed by atoms with E-state index in [0.29, 0.717) is 23.0 Å². The molecule has 0 unspecified atom stereocenters. The Morgan fingerprint density at radius 1 is 1.28 bits per heavy atom. The summed E-state index contributed by atoms with van der Waals surface area (Å²) in [6, 6.07) is 4.84. The topological polar surface area (TPSA) is 80.2 Å². The van der Waals surface area contributed by atoms with Gasteiger partial charge in [-0.2, -0.15) is 8.75 Å². The van der Waals surface area contributed by atoms with Crippen LogP contribution in [0, 0.1) is 0 Å². The number of fused-ring (bicyclic) bond motifs is 1. The molecule has 0 radical (unpaired) electrons. The summed E-state index contributed by atoms with van der Waals surface area (Å²) < 4.78 is 32.3. The predicted molar refractivity (Wildman–Crippen MR) is 66.9 cm³/mol. The van der Waals surface area contributed by atoms with Gasteiger partial charge < -0.3 is 0 Å². The zero-order valence-electron chi connectivity index (χ0n) is 9.24. The molecular formula is C10H9N3O3S2. The van der Waals surface area contributed by atoms with E-state index in [-0.39, 0.29) is 12.3 Å². The summed E-state index contributed by atoms with van der Waals surface area (Å²) in [7, 11) is -3.42. The van der Waals surface area contributed by atoms with Crippen molar-refractivity contribution in [1.29, 1.82) is 0 Å². The van der Waals surface area contributed by atoms with Gasteiger partial charge in [-0.05, 0) is 24.6 Å². The molecule has 1 amide bonds. The third kappa shape index (κ3) is 1.77. The molecular weight excluding hydrogens is 274 g/mol. The number of hydrogen-bond acceptors (Lipinski definition) is 6. The van der Waals surface area contributed by atoms with Crippen molar-refractivity contribution < 1.29 is 13.2 Å². The highest BCUT2D eigenvalue weighted by molar-refractivity contribution is 7.89. The van der Waals surface area contributed by atoms with Gasteiger partial charge in [-0.15, -0.1) is 0 Å². The van der Waals surface area contributed by atoms with Crippen molar-refractivity contribution in [2.24, 2.45) is 0 Å². The Balaban J connectivity index is 2.01. The molecule has 0 bridgehead atoms. The molecule has 1 aromatic carbocycles. The number of rotatable bonds is 1. The van der Waals surface area contributed by atoms with Gasteiger partial charge in [-0.3, -0.25) is 4.79 Å². The van der Waals surface area contributed by atoms with Crippen LogP contribution in [-0.4, -0.2) is 39.7 Å². The zero-order valence-corrected chi connectivity index (χ0v) is 10.9. The molecule has 1 aliphatic heterocycles. The third-order valence-electron chi connectivity index (χ3n) is 2.83. The molecule has 1 aromatic heterocycles. The molecule has 3 rings (SSSR count). The van der Waals surface area contributed by atoms with Gasteiger partial charge in [0.05, 0.1) is 17.5 Å². The van der Waals surface area contributed by atoms with E-state index in [0.717, 1.165) is 16.0 Å². The maximum Gasteiger partial charge on any atom is 0.267 e. The number of sulfonamides is 1. The maximum absolute atomic E-state index is 12.1. The molecule has 0 aliphatic carbocycles. The summed E-state index contributed by atoms with van der Waals surface area (Å²) >= 11 is 1.06. The quantitative estimate of drug-likeness (QED) is 0.775. The minimum Gasteiger partial charge on any atom is -0.268 e. The summed E-state index contributed by atoms with van der Waals surface area (Å²) in [4.78, 5) is 12.1. The molecule has 0 atom stereocenters. The second-order valence-electron chi connectivity index (χ2n) is 4.01. The lowest BCUT2D eigenvalue weighted by Crippen LogP contribution is -2.32. The van der Waals surface area contributed by atoms with Crippen LogP contribution in [0.1, 0.15) is 16.8 Å². The highest BCUT2D eigenvalue weighted by Crippen LogP contribution is 2.20. The van der Waals surface area contributed by atoms with Crippen LogP contribution in [0.25, 0.3) is 11.0 Å². The van der Waals surface area contributed by atoms with Crippen LogP contribution in [0.15, 0.2) is 18.2 Å². The summed E-state index contributed by atoms with van der Waals surface area (Å²) in [5.41, 5.74) is 1.66. The monoisotopic (exact) mass is 283 g/mol. The number of aromatic nitrogens is 2. The van der Waals surface area contributed by atoms with Gasteiger partial charge in [0.2, 0.25) is 10.0 Å². The van der Waals surface area contributed by atoms with Gasteiger partial charge in [-0.1, -0.05) is 0 Å². The van der Waals surface area contributed by atoms with E-state index in [4.69, 9.17) is 0 Å². The van der Waals surface area contributed by atoms with E-state index in [2.05, 4.69) is 8.75 Å². The lowest BCUT2D eigenvalue weighted by Gasteiger charge is -2.14. The number of benzene rings is 1. The molecule has 6 nitrogen and oxygen atoms in total. The van der Waals surface area contributed by atoms with E-state index in [9.17, 15) is 13.2 Å². The van der Waals surface area contributed by atoms with Crippen LogP contribution in [0.2, 0.25) is 0 Å². The largest absolute Gasteiger partial charge is 0.268 e. The summed E-state index contributed by atoms with van der Waals surface area (Å²) in [5.74, 6) is -0.443. The van der Waals surface area contributed by atoms with Crippen molar-refractivity contribution >= 4 is 38.7 Å². The third-order valence-corrected chi connectivity index (χ3v) is 5.21. The van der Waals surface area contributed by atoms with Crippen molar-refractivity contribution in [2.75, 3.05) is 12.3 Å². The van der Waals surface area contributed by atoms with Crippen LogP contribution >= 0.6 is 11.7 Å². The van der Waals surface area contributed by atoms with Crippen molar-refractivity contribution in [3.8, 4) is 0 Å². The fourth-order valence-corrected chi connectivity index (χ4v) is 3.92. The van der Waals surface area contributed by atoms with Crippen molar-refractivity contribution in [1.82, 2.24) is 13.1 Å². The minimum absolute atomic E-state index is 0.0409. The Morgan fingerprint density at radius 3 is 2.78 bits per heavy atom. The summed E-state index contributed by atoms with van der Waals surface area (Å²) in [6.45, 7) is 0.258. The highest BCUT2D eigenvalue weighted by atomic mass is 32.2. The Kier molecular flexibility index (Phi) is 2.56. The number of hydrogen-bond donors (Lipinski definition) is 0. The van der Waals surface area contributed by atoms with E-state index >= 15 is 0 Å². The molecule has 2 aromatic rings. The Labute approximate surface area is 108 Å². The van der Waals surface area contributed by atoms with Crippen LogP contribution in [0.3, 0.4) is 0 Å².